The molecule has 3 rings (SSSR count). The van der Waals surface area contributed by atoms with E-state index in [0.717, 1.165) is 16.8 Å². The van der Waals surface area contributed by atoms with Crippen LogP contribution in [0.4, 0.5) is 17.2 Å². The smallest absolute Gasteiger partial charge is 0.330 e. The maximum atomic E-state index is 13.3. The first-order valence-corrected chi connectivity index (χ1v) is 11.6. The van der Waals surface area contributed by atoms with Gasteiger partial charge in [0.15, 0.2) is 5.69 Å². The molecule has 0 fully saturated rings. The lowest BCUT2D eigenvalue weighted by molar-refractivity contribution is -0.114. The molecule has 0 aliphatic carbocycles. The van der Waals surface area contributed by atoms with Crippen LogP contribution >= 0.6 is 0 Å². The first kappa shape index (κ1) is 25.6. The van der Waals surface area contributed by atoms with Gasteiger partial charge in [-0.15, -0.1) is 0 Å². The number of aromatic nitrogens is 2. The Morgan fingerprint density at radius 1 is 1.06 bits per heavy atom. The predicted molar refractivity (Wildman–Crippen MR) is 143 cm³/mol. The van der Waals surface area contributed by atoms with Crippen molar-refractivity contribution in [3.8, 4) is 0 Å². The van der Waals surface area contributed by atoms with E-state index < -0.39 is 11.2 Å². The fourth-order valence-corrected chi connectivity index (χ4v) is 3.62. The lowest BCUT2D eigenvalue weighted by Gasteiger charge is -2.24. The van der Waals surface area contributed by atoms with Crippen molar-refractivity contribution >= 4 is 29.2 Å². The van der Waals surface area contributed by atoms with E-state index in [-0.39, 0.29) is 30.5 Å². The fraction of sp³-hybridized carbons (Fsp3) is 0.296. The minimum absolute atomic E-state index is 0.0150. The highest BCUT2D eigenvalue weighted by atomic mass is 16.2. The first-order chi connectivity index (χ1) is 16.7. The van der Waals surface area contributed by atoms with Crippen LogP contribution in [0.1, 0.15) is 31.4 Å². The second-order valence-corrected chi connectivity index (χ2v) is 9.06. The van der Waals surface area contributed by atoms with Gasteiger partial charge in [0.05, 0.1) is 6.54 Å². The number of nitrogens with two attached hydrogens (primary N) is 1. The van der Waals surface area contributed by atoms with Crippen LogP contribution in [0.25, 0.3) is 6.08 Å². The van der Waals surface area contributed by atoms with Crippen LogP contribution in [0.3, 0.4) is 0 Å². The summed E-state index contributed by atoms with van der Waals surface area (Å²) in [6, 6.07) is 17.1. The minimum Gasteiger partial charge on any atom is -0.383 e. The number of nitrogens with one attached hydrogen (secondary N) is 1. The number of aromatic amines is 1. The van der Waals surface area contributed by atoms with E-state index in [1.807, 2.05) is 87.4 Å². The maximum absolute atomic E-state index is 13.3. The van der Waals surface area contributed by atoms with Gasteiger partial charge in [-0.1, -0.05) is 56.3 Å². The second kappa shape index (κ2) is 11.4. The molecule has 1 aromatic heterocycles. The Morgan fingerprint density at radius 3 is 2.31 bits per heavy atom. The monoisotopic (exact) mass is 475 g/mol. The lowest BCUT2D eigenvalue weighted by atomic mass is 10.1. The van der Waals surface area contributed by atoms with Gasteiger partial charge < -0.3 is 15.5 Å². The normalized spacial score (nSPS) is 11.2. The number of hydrogen-bond acceptors (Lipinski definition) is 5. The molecule has 0 aliphatic rings. The van der Waals surface area contributed by atoms with Crippen LogP contribution in [0.2, 0.25) is 0 Å². The van der Waals surface area contributed by atoms with Crippen LogP contribution in [-0.4, -0.2) is 36.1 Å². The molecule has 0 aliphatic heterocycles. The largest absolute Gasteiger partial charge is 0.383 e. The van der Waals surface area contributed by atoms with Crippen molar-refractivity contribution in [3.63, 3.8) is 0 Å². The average Bonchev–Trinajstić information content (AvgIpc) is 2.83. The molecule has 0 radical (unpaired) electrons. The Bertz CT molecular complexity index is 1290. The maximum Gasteiger partial charge on any atom is 0.330 e. The van der Waals surface area contributed by atoms with Crippen LogP contribution in [0.15, 0.2) is 70.3 Å². The summed E-state index contributed by atoms with van der Waals surface area (Å²) in [7, 11) is 3.92. The van der Waals surface area contributed by atoms with Crippen LogP contribution in [-0.2, 0) is 11.3 Å². The number of H-pyrrole nitrogens is 1. The van der Waals surface area contributed by atoms with Crippen molar-refractivity contribution in [2.75, 3.05) is 36.2 Å². The van der Waals surface area contributed by atoms with E-state index in [1.54, 1.807) is 6.08 Å². The molecular weight excluding hydrogens is 442 g/mol. The molecule has 3 aromatic rings. The SMILES string of the molecule is CC(C)CCN(C(=O)/C=C/c1ccc(N(C)C)cc1)c1c(N)n(Cc2ccccc2)c(=O)[nH]c1=O. The zero-order valence-corrected chi connectivity index (χ0v) is 20.7. The number of rotatable bonds is 9. The molecule has 0 atom stereocenters. The molecule has 3 N–H and O–H groups in total. The van der Waals surface area contributed by atoms with Crippen LogP contribution < -0.4 is 26.8 Å². The average molecular weight is 476 g/mol. The Kier molecular flexibility index (Phi) is 8.30. The summed E-state index contributed by atoms with van der Waals surface area (Å²) < 4.78 is 1.28. The van der Waals surface area contributed by atoms with E-state index in [0.29, 0.717) is 12.3 Å². The van der Waals surface area contributed by atoms with E-state index in [1.165, 1.54) is 15.5 Å². The molecule has 0 bridgehead atoms. The highest BCUT2D eigenvalue weighted by Gasteiger charge is 2.23. The van der Waals surface area contributed by atoms with Crippen molar-refractivity contribution in [1.29, 1.82) is 0 Å². The summed E-state index contributed by atoms with van der Waals surface area (Å²) >= 11 is 0. The zero-order chi connectivity index (χ0) is 25.5. The van der Waals surface area contributed by atoms with Crippen molar-refractivity contribution in [1.82, 2.24) is 9.55 Å². The van der Waals surface area contributed by atoms with Gasteiger partial charge in [-0.25, -0.2) is 4.79 Å². The lowest BCUT2D eigenvalue weighted by Crippen LogP contribution is -2.41. The minimum atomic E-state index is -0.683. The van der Waals surface area contributed by atoms with E-state index in [9.17, 15) is 14.4 Å². The number of amides is 1. The van der Waals surface area contributed by atoms with E-state index in [2.05, 4.69) is 4.98 Å². The summed E-state index contributed by atoms with van der Waals surface area (Å²) in [4.78, 5) is 44.4. The number of benzene rings is 2. The number of nitrogen functional groups attached to an aromatic ring is 1. The first-order valence-electron chi connectivity index (χ1n) is 11.6. The molecule has 8 nitrogen and oxygen atoms in total. The molecule has 2 aromatic carbocycles. The van der Waals surface area contributed by atoms with Crippen molar-refractivity contribution in [2.24, 2.45) is 5.92 Å². The summed E-state index contributed by atoms with van der Waals surface area (Å²) in [6.07, 6.45) is 3.79. The number of hydrogen-bond donors (Lipinski definition) is 2. The molecule has 8 heteroatoms. The molecule has 1 amide bonds. The molecule has 0 spiro atoms. The van der Waals surface area contributed by atoms with Gasteiger partial charge in [0.25, 0.3) is 11.5 Å². The van der Waals surface area contributed by atoms with Crippen molar-refractivity contribution < 1.29 is 4.79 Å². The van der Waals surface area contributed by atoms with Crippen LogP contribution in [0.5, 0.6) is 0 Å². The van der Waals surface area contributed by atoms with Gasteiger partial charge in [0.2, 0.25) is 0 Å². The van der Waals surface area contributed by atoms with Crippen molar-refractivity contribution in [3.05, 3.63) is 92.6 Å². The predicted octanol–water partition coefficient (Wildman–Crippen LogP) is 3.33. The summed E-state index contributed by atoms with van der Waals surface area (Å²) in [6.45, 7) is 4.54. The van der Waals surface area contributed by atoms with Gasteiger partial charge in [-0.05, 0) is 41.7 Å². The van der Waals surface area contributed by atoms with Gasteiger partial charge in [0.1, 0.15) is 5.82 Å². The zero-order valence-electron chi connectivity index (χ0n) is 20.7. The molecule has 0 unspecified atom stereocenters. The third kappa shape index (κ3) is 6.50. The summed E-state index contributed by atoms with van der Waals surface area (Å²) in [5.74, 6) is -0.128. The highest BCUT2D eigenvalue weighted by molar-refractivity contribution is 6.05. The Balaban J connectivity index is 1.98. The number of carbonyl (C=O) groups excluding carboxylic acids is 1. The Labute approximate surface area is 205 Å². The number of nitrogens with zero attached hydrogens (tertiary/aromatic N) is 3. The quantitative estimate of drug-likeness (QED) is 0.462. The highest BCUT2D eigenvalue weighted by Crippen LogP contribution is 2.20. The van der Waals surface area contributed by atoms with E-state index in [4.69, 9.17) is 5.73 Å². The molecule has 0 saturated heterocycles. The number of anilines is 3. The fourth-order valence-electron chi connectivity index (χ4n) is 3.62. The van der Waals surface area contributed by atoms with Gasteiger partial charge in [-0.3, -0.25) is 19.1 Å². The third-order valence-corrected chi connectivity index (χ3v) is 5.69. The summed E-state index contributed by atoms with van der Waals surface area (Å²) in [5.41, 5.74) is 7.78. The Morgan fingerprint density at radius 2 is 1.71 bits per heavy atom. The van der Waals surface area contributed by atoms with Gasteiger partial charge in [0, 0.05) is 32.4 Å². The molecule has 0 saturated carbocycles. The van der Waals surface area contributed by atoms with Crippen molar-refractivity contribution in [2.45, 2.75) is 26.8 Å². The van der Waals surface area contributed by atoms with Gasteiger partial charge >= 0.3 is 5.69 Å². The second-order valence-electron chi connectivity index (χ2n) is 9.06. The molecule has 1 heterocycles. The van der Waals surface area contributed by atoms with E-state index >= 15 is 0 Å². The number of carbonyl (C=O) groups is 1. The third-order valence-electron chi connectivity index (χ3n) is 5.69. The van der Waals surface area contributed by atoms with Crippen LogP contribution in [0, 0.1) is 5.92 Å². The standard InChI is InChI=1S/C27H33N5O3/c1-19(2)16-17-31(23(33)15-12-20-10-13-22(14-11-20)30(3)4)24-25(28)32(27(35)29-26(24)34)18-21-8-6-5-7-9-21/h5-15,19H,16-18,28H2,1-4H3,(H,29,34,35)/b15-12+. The topological polar surface area (TPSA) is 104 Å². The molecular formula is C27H33N5O3. The molecule has 35 heavy (non-hydrogen) atoms. The molecule has 184 valence electrons. The Hall–Kier alpha value is -4.07. The van der Waals surface area contributed by atoms with Gasteiger partial charge in [-0.2, -0.15) is 0 Å². The summed E-state index contributed by atoms with van der Waals surface area (Å²) in [5, 5.41) is 0.